The average Bonchev–Trinajstić information content (AvgIpc) is 2.12. The second-order valence-corrected chi connectivity index (χ2v) is 6.50. The van der Waals surface area contributed by atoms with Crippen molar-refractivity contribution in [2.24, 2.45) is 10.8 Å². The summed E-state index contributed by atoms with van der Waals surface area (Å²) in [7, 11) is 0. The number of aliphatic hydroxyl groups is 1. The smallest absolute Gasteiger partial charge is 0.326 e. The van der Waals surface area contributed by atoms with E-state index in [1.165, 1.54) is 0 Å². The highest BCUT2D eigenvalue weighted by Crippen LogP contribution is 2.33. The van der Waals surface area contributed by atoms with Crippen LogP contribution in [0, 0.1) is 10.8 Å². The number of hydrogen-bond acceptors (Lipinski definition) is 3. The number of carbonyl (C=O) groups is 2. The molecule has 0 saturated heterocycles. The van der Waals surface area contributed by atoms with E-state index in [0.29, 0.717) is 6.42 Å². The highest BCUT2D eigenvalue weighted by Gasteiger charge is 2.34. The van der Waals surface area contributed by atoms with E-state index in [4.69, 9.17) is 10.2 Å². The second-order valence-electron chi connectivity index (χ2n) is 6.50. The molecule has 1 amide bonds. The lowest BCUT2D eigenvalue weighted by Crippen LogP contribution is -2.47. The van der Waals surface area contributed by atoms with E-state index in [9.17, 15) is 9.59 Å². The van der Waals surface area contributed by atoms with Crippen molar-refractivity contribution in [1.29, 1.82) is 0 Å². The molecule has 5 heteroatoms. The third kappa shape index (κ3) is 6.00. The first-order valence-corrected chi connectivity index (χ1v) is 6.14. The number of aliphatic carboxylic acids is 1. The summed E-state index contributed by atoms with van der Waals surface area (Å²) in [6.07, 6.45) is 0.671. The molecule has 0 bridgehead atoms. The normalized spacial score (nSPS) is 14.1. The second kappa shape index (κ2) is 6.18. The standard InChI is InChI=1S/C13H25NO4/c1-12(2,3)8-13(4,5)11(18)14-9(6-7-15)10(16)17/h9,15H,6-8H2,1-5H3,(H,14,18)(H,16,17). The molecule has 0 radical (unpaired) electrons. The molecule has 0 saturated carbocycles. The van der Waals surface area contributed by atoms with Crippen LogP contribution in [-0.4, -0.2) is 34.7 Å². The zero-order chi connectivity index (χ0) is 14.6. The number of rotatable bonds is 6. The predicted octanol–water partition coefficient (Wildman–Crippen LogP) is 1.40. The summed E-state index contributed by atoms with van der Waals surface area (Å²) in [5.41, 5.74) is -0.655. The molecule has 0 fully saturated rings. The molecule has 0 aromatic rings. The molecule has 5 nitrogen and oxygen atoms in total. The molecule has 0 aromatic carbocycles. The van der Waals surface area contributed by atoms with Gasteiger partial charge in [0.05, 0.1) is 0 Å². The third-order valence-corrected chi connectivity index (χ3v) is 2.61. The summed E-state index contributed by atoms with van der Waals surface area (Å²) in [4.78, 5) is 23.0. The van der Waals surface area contributed by atoms with Gasteiger partial charge in [0.1, 0.15) is 6.04 Å². The zero-order valence-electron chi connectivity index (χ0n) is 11.9. The quantitative estimate of drug-likeness (QED) is 0.673. The number of carbonyl (C=O) groups excluding carboxylic acids is 1. The summed E-state index contributed by atoms with van der Waals surface area (Å²) in [5, 5.41) is 20.2. The Balaban J connectivity index is 4.67. The maximum Gasteiger partial charge on any atom is 0.326 e. The molecule has 0 aromatic heterocycles. The average molecular weight is 259 g/mol. The first-order valence-electron chi connectivity index (χ1n) is 6.14. The number of nitrogens with one attached hydrogen (secondary N) is 1. The van der Waals surface area contributed by atoms with Crippen LogP contribution in [0.1, 0.15) is 47.5 Å². The molecular formula is C13H25NO4. The van der Waals surface area contributed by atoms with Crippen molar-refractivity contribution in [3.8, 4) is 0 Å². The van der Waals surface area contributed by atoms with Crippen molar-refractivity contribution in [2.75, 3.05) is 6.61 Å². The number of amides is 1. The molecule has 0 aliphatic carbocycles. The predicted molar refractivity (Wildman–Crippen MR) is 69.1 cm³/mol. The fraction of sp³-hybridized carbons (Fsp3) is 0.846. The van der Waals surface area contributed by atoms with Gasteiger partial charge in [0, 0.05) is 18.4 Å². The third-order valence-electron chi connectivity index (χ3n) is 2.61. The van der Waals surface area contributed by atoms with Crippen LogP contribution in [0.3, 0.4) is 0 Å². The van der Waals surface area contributed by atoms with Gasteiger partial charge < -0.3 is 15.5 Å². The highest BCUT2D eigenvalue weighted by molar-refractivity contribution is 5.86. The minimum atomic E-state index is -1.12. The Bertz CT molecular complexity index is 305. The van der Waals surface area contributed by atoms with Crippen LogP contribution >= 0.6 is 0 Å². The molecule has 0 heterocycles. The Morgan fingerprint density at radius 2 is 1.67 bits per heavy atom. The van der Waals surface area contributed by atoms with Crippen molar-refractivity contribution < 1.29 is 19.8 Å². The molecule has 0 spiro atoms. The molecule has 0 aliphatic rings. The Kier molecular flexibility index (Phi) is 5.80. The minimum Gasteiger partial charge on any atom is -0.480 e. The SMILES string of the molecule is CC(C)(C)CC(C)(C)C(=O)NC(CCO)C(=O)O. The van der Waals surface area contributed by atoms with Gasteiger partial charge in [-0.1, -0.05) is 34.6 Å². The Morgan fingerprint density at radius 3 is 2.00 bits per heavy atom. The largest absolute Gasteiger partial charge is 0.480 e. The van der Waals surface area contributed by atoms with Crippen molar-refractivity contribution >= 4 is 11.9 Å². The van der Waals surface area contributed by atoms with Gasteiger partial charge in [-0.05, 0) is 11.8 Å². The Labute approximate surface area is 109 Å². The lowest BCUT2D eigenvalue weighted by atomic mass is 9.75. The molecule has 1 unspecified atom stereocenters. The van der Waals surface area contributed by atoms with Gasteiger partial charge in [-0.15, -0.1) is 0 Å². The molecule has 3 N–H and O–H groups in total. The number of carboxylic acids is 1. The maximum atomic E-state index is 12.1. The summed E-state index contributed by atoms with van der Waals surface area (Å²) < 4.78 is 0. The van der Waals surface area contributed by atoms with Crippen LogP contribution in [-0.2, 0) is 9.59 Å². The van der Waals surface area contributed by atoms with Gasteiger partial charge in [0.15, 0.2) is 0 Å². The van der Waals surface area contributed by atoms with Gasteiger partial charge in [-0.3, -0.25) is 4.79 Å². The minimum absolute atomic E-state index is 0.0173. The number of aliphatic hydroxyl groups excluding tert-OH is 1. The zero-order valence-corrected chi connectivity index (χ0v) is 11.9. The monoisotopic (exact) mass is 259 g/mol. The van der Waals surface area contributed by atoms with Gasteiger partial charge in [-0.2, -0.15) is 0 Å². The van der Waals surface area contributed by atoms with E-state index >= 15 is 0 Å². The fourth-order valence-corrected chi connectivity index (χ4v) is 2.15. The van der Waals surface area contributed by atoms with Gasteiger partial charge >= 0.3 is 5.97 Å². The topological polar surface area (TPSA) is 86.6 Å². The number of hydrogen-bond donors (Lipinski definition) is 3. The molecule has 0 rings (SSSR count). The van der Waals surface area contributed by atoms with Crippen molar-refractivity contribution in [2.45, 2.75) is 53.5 Å². The molecule has 106 valence electrons. The van der Waals surface area contributed by atoms with E-state index in [0.717, 1.165) is 0 Å². The summed E-state index contributed by atoms with van der Waals surface area (Å²) >= 11 is 0. The van der Waals surface area contributed by atoms with Crippen molar-refractivity contribution in [1.82, 2.24) is 5.32 Å². The summed E-state index contributed by atoms with van der Waals surface area (Å²) in [5.74, 6) is -1.41. The first kappa shape index (κ1) is 16.9. The van der Waals surface area contributed by atoms with E-state index in [2.05, 4.69) is 5.32 Å². The van der Waals surface area contributed by atoms with Crippen molar-refractivity contribution in [3.63, 3.8) is 0 Å². The van der Waals surface area contributed by atoms with E-state index in [1.54, 1.807) is 13.8 Å². The highest BCUT2D eigenvalue weighted by atomic mass is 16.4. The van der Waals surface area contributed by atoms with Crippen LogP contribution in [0.25, 0.3) is 0 Å². The Morgan fingerprint density at radius 1 is 1.17 bits per heavy atom. The summed E-state index contributed by atoms with van der Waals surface area (Å²) in [6.45, 7) is 9.42. The molecule has 1 atom stereocenters. The lowest BCUT2D eigenvalue weighted by Gasteiger charge is -2.32. The van der Waals surface area contributed by atoms with Crippen LogP contribution in [0.15, 0.2) is 0 Å². The Hall–Kier alpha value is -1.10. The van der Waals surface area contributed by atoms with Crippen LogP contribution < -0.4 is 5.32 Å². The molecule has 18 heavy (non-hydrogen) atoms. The van der Waals surface area contributed by atoms with Gasteiger partial charge in [-0.25, -0.2) is 4.79 Å². The molecule has 0 aliphatic heterocycles. The van der Waals surface area contributed by atoms with E-state index in [1.807, 2.05) is 20.8 Å². The number of carboxylic acid groups (broad SMARTS) is 1. The van der Waals surface area contributed by atoms with Crippen LogP contribution in [0.5, 0.6) is 0 Å². The van der Waals surface area contributed by atoms with E-state index < -0.39 is 17.4 Å². The van der Waals surface area contributed by atoms with Crippen LogP contribution in [0.2, 0.25) is 0 Å². The van der Waals surface area contributed by atoms with Gasteiger partial charge in [0.25, 0.3) is 0 Å². The molecular weight excluding hydrogens is 234 g/mol. The lowest BCUT2D eigenvalue weighted by molar-refractivity contribution is -0.144. The van der Waals surface area contributed by atoms with E-state index in [-0.39, 0.29) is 24.3 Å². The van der Waals surface area contributed by atoms with Crippen LogP contribution in [0.4, 0.5) is 0 Å². The summed E-state index contributed by atoms with van der Waals surface area (Å²) in [6, 6.07) is -1.03. The van der Waals surface area contributed by atoms with Gasteiger partial charge in [0.2, 0.25) is 5.91 Å². The first-order chi connectivity index (χ1) is 7.99. The maximum absolute atomic E-state index is 12.1. The fourth-order valence-electron chi connectivity index (χ4n) is 2.15. The van der Waals surface area contributed by atoms with Crippen molar-refractivity contribution in [3.05, 3.63) is 0 Å².